The molecule has 0 N–H and O–H groups in total. The summed E-state index contributed by atoms with van der Waals surface area (Å²) < 4.78 is 65.8. The van der Waals surface area contributed by atoms with Crippen LogP contribution in [0.25, 0.3) is 5.69 Å². The Morgan fingerprint density at radius 3 is 2.69 bits per heavy atom. The summed E-state index contributed by atoms with van der Waals surface area (Å²) in [6.45, 7) is 3.83. The standard InChI is InChI=1S/C28H27ClF3N5O5/c1-4-40-24(38)13-12-23-33-22(36-42-23)11-10-21-26-34-35-27(28(30,31)32)37(26)19-9-8-16(29)14-18(19)25(41-21)17-6-5-7-20(39-3)15(17)2/h5-9,14,21,25H,4,10-13H2,1-3H3/t21-,25-/m1/s1. The van der Waals surface area contributed by atoms with Gasteiger partial charge in [0.15, 0.2) is 11.6 Å². The predicted molar refractivity (Wildman–Crippen MR) is 142 cm³/mol. The van der Waals surface area contributed by atoms with Crippen molar-refractivity contribution < 1.29 is 36.7 Å². The van der Waals surface area contributed by atoms with Gasteiger partial charge in [0, 0.05) is 23.4 Å². The van der Waals surface area contributed by atoms with Gasteiger partial charge in [0.1, 0.15) is 18.0 Å². The van der Waals surface area contributed by atoms with Gasteiger partial charge >= 0.3 is 12.1 Å². The number of methoxy groups -OCH3 is 1. The highest BCUT2D eigenvalue weighted by Crippen LogP contribution is 2.45. The molecule has 0 aliphatic carbocycles. The number of carbonyl (C=O) groups is 1. The number of hydrogen-bond acceptors (Lipinski definition) is 9. The lowest BCUT2D eigenvalue weighted by atomic mass is 9.95. The molecular weight excluding hydrogens is 579 g/mol. The highest BCUT2D eigenvalue weighted by Gasteiger charge is 2.43. The Morgan fingerprint density at radius 1 is 1.14 bits per heavy atom. The SMILES string of the molecule is CCOC(=O)CCc1nc(CC[C@H]2O[C@H](c3cccc(OC)c3C)c3cc(Cl)ccc3-n3c2nnc3C(F)(F)F)no1. The average molecular weight is 606 g/mol. The van der Waals surface area contributed by atoms with E-state index in [2.05, 4.69) is 20.3 Å². The van der Waals surface area contributed by atoms with Gasteiger partial charge in [0.05, 0.1) is 25.8 Å². The van der Waals surface area contributed by atoms with Crippen LogP contribution in [-0.2, 0) is 33.3 Å². The number of nitrogens with zero attached hydrogens (tertiary/aromatic N) is 5. The first-order valence-corrected chi connectivity index (χ1v) is 13.6. The molecule has 3 heterocycles. The van der Waals surface area contributed by atoms with E-state index in [1.807, 2.05) is 13.0 Å². The molecule has 2 atom stereocenters. The predicted octanol–water partition coefficient (Wildman–Crippen LogP) is 5.93. The summed E-state index contributed by atoms with van der Waals surface area (Å²) in [5.41, 5.74) is 2.06. The number of halogens is 4. The molecule has 0 amide bonds. The number of ether oxygens (including phenoxy) is 3. The molecule has 0 radical (unpaired) electrons. The van der Waals surface area contributed by atoms with Crippen molar-refractivity contribution in [3.8, 4) is 11.4 Å². The Balaban J connectivity index is 1.53. The van der Waals surface area contributed by atoms with E-state index in [9.17, 15) is 18.0 Å². The van der Waals surface area contributed by atoms with Gasteiger partial charge in [0.2, 0.25) is 11.7 Å². The van der Waals surface area contributed by atoms with Gasteiger partial charge < -0.3 is 18.7 Å². The molecule has 42 heavy (non-hydrogen) atoms. The molecule has 10 nitrogen and oxygen atoms in total. The summed E-state index contributed by atoms with van der Waals surface area (Å²) in [5, 5.41) is 11.7. The second-order valence-corrected chi connectivity index (χ2v) is 9.98. The minimum Gasteiger partial charge on any atom is -0.496 e. The molecule has 1 aliphatic rings. The van der Waals surface area contributed by atoms with E-state index in [0.717, 1.165) is 10.1 Å². The topological polar surface area (TPSA) is 114 Å². The zero-order valence-corrected chi connectivity index (χ0v) is 23.7. The average Bonchev–Trinajstić information content (AvgIpc) is 3.58. The third-order valence-electron chi connectivity index (χ3n) is 6.86. The van der Waals surface area contributed by atoms with Crippen molar-refractivity contribution in [3.05, 3.63) is 81.5 Å². The molecule has 0 unspecified atom stereocenters. The van der Waals surface area contributed by atoms with Crippen LogP contribution in [0.3, 0.4) is 0 Å². The second-order valence-electron chi connectivity index (χ2n) is 9.55. The molecule has 0 saturated carbocycles. The van der Waals surface area contributed by atoms with Crippen LogP contribution >= 0.6 is 11.6 Å². The maximum atomic E-state index is 14.2. The summed E-state index contributed by atoms with van der Waals surface area (Å²) in [6.07, 6.45) is -5.98. The Bertz CT molecular complexity index is 1590. The molecule has 1 aliphatic heterocycles. The van der Waals surface area contributed by atoms with Crippen LogP contribution in [0.1, 0.15) is 72.0 Å². The van der Waals surface area contributed by atoms with Gasteiger partial charge in [-0.25, -0.2) is 0 Å². The highest BCUT2D eigenvalue weighted by atomic mass is 35.5. The molecular formula is C28H27ClF3N5O5. The molecule has 0 bridgehead atoms. The van der Waals surface area contributed by atoms with Crippen molar-refractivity contribution in [2.45, 2.75) is 57.9 Å². The summed E-state index contributed by atoms with van der Waals surface area (Å²) in [5.74, 6) is -0.452. The largest absolute Gasteiger partial charge is 0.496 e. The van der Waals surface area contributed by atoms with E-state index in [0.29, 0.717) is 27.7 Å². The molecule has 0 fully saturated rings. The zero-order chi connectivity index (χ0) is 30.0. The highest BCUT2D eigenvalue weighted by molar-refractivity contribution is 6.30. The van der Waals surface area contributed by atoms with Crippen molar-refractivity contribution in [2.75, 3.05) is 13.7 Å². The molecule has 14 heteroatoms. The second kappa shape index (κ2) is 12.1. The van der Waals surface area contributed by atoms with Crippen LogP contribution in [0.15, 0.2) is 40.9 Å². The molecule has 222 valence electrons. The number of hydrogen-bond donors (Lipinski definition) is 0. The van der Waals surface area contributed by atoms with E-state index < -0.39 is 24.2 Å². The van der Waals surface area contributed by atoms with Gasteiger partial charge in [-0.1, -0.05) is 28.9 Å². The minimum atomic E-state index is -4.79. The minimum absolute atomic E-state index is 0.0278. The van der Waals surface area contributed by atoms with Crippen LogP contribution < -0.4 is 4.74 Å². The van der Waals surface area contributed by atoms with E-state index in [4.69, 9.17) is 30.3 Å². The number of aryl methyl sites for hydroxylation is 2. The molecule has 0 spiro atoms. The van der Waals surface area contributed by atoms with Crippen molar-refractivity contribution >= 4 is 17.6 Å². The summed E-state index contributed by atoms with van der Waals surface area (Å²) >= 11 is 6.36. The Labute approximate surface area is 243 Å². The van der Waals surface area contributed by atoms with Crippen molar-refractivity contribution in [1.29, 1.82) is 0 Å². The van der Waals surface area contributed by atoms with E-state index >= 15 is 0 Å². The van der Waals surface area contributed by atoms with Crippen LogP contribution in [0.4, 0.5) is 13.2 Å². The fourth-order valence-corrected chi connectivity index (χ4v) is 5.11. The molecule has 0 saturated heterocycles. The lowest BCUT2D eigenvalue weighted by molar-refractivity contribution is -0.146. The first kappa shape index (κ1) is 29.5. The summed E-state index contributed by atoms with van der Waals surface area (Å²) in [4.78, 5) is 16.0. The van der Waals surface area contributed by atoms with Crippen LogP contribution in [0.2, 0.25) is 5.02 Å². The normalized spacial score (nSPS) is 16.5. The van der Waals surface area contributed by atoms with Crippen LogP contribution in [0.5, 0.6) is 5.75 Å². The fourth-order valence-electron chi connectivity index (χ4n) is 4.93. The number of benzene rings is 2. The lowest BCUT2D eigenvalue weighted by Gasteiger charge is -2.24. The third-order valence-corrected chi connectivity index (χ3v) is 7.09. The first-order valence-electron chi connectivity index (χ1n) is 13.2. The lowest BCUT2D eigenvalue weighted by Crippen LogP contribution is -2.16. The molecule has 2 aromatic carbocycles. The van der Waals surface area contributed by atoms with Crippen LogP contribution in [-0.4, -0.2) is 44.6 Å². The molecule has 4 aromatic rings. The smallest absolute Gasteiger partial charge is 0.452 e. The third kappa shape index (κ3) is 5.97. The van der Waals surface area contributed by atoms with Gasteiger partial charge in [0.25, 0.3) is 0 Å². The van der Waals surface area contributed by atoms with E-state index in [1.165, 1.54) is 19.2 Å². The van der Waals surface area contributed by atoms with Gasteiger partial charge in [-0.15, -0.1) is 10.2 Å². The number of fused-ring (bicyclic) bond motifs is 3. The van der Waals surface area contributed by atoms with Crippen molar-refractivity contribution in [1.82, 2.24) is 24.9 Å². The number of esters is 1. The van der Waals surface area contributed by atoms with Crippen molar-refractivity contribution in [2.24, 2.45) is 0 Å². The number of aromatic nitrogens is 5. The molecule has 2 aromatic heterocycles. The quantitative estimate of drug-likeness (QED) is 0.214. The first-order chi connectivity index (χ1) is 20.1. The van der Waals surface area contributed by atoms with E-state index in [-0.39, 0.29) is 55.7 Å². The van der Waals surface area contributed by atoms with Crippen molar-refractivity contribution in [3.63, 3.8) is 0 Å². The molecule has 5 rings (SSSR count). The Morgan fingerprint density at radius 2 is 1.95 bits per heavy atom. The van der Waals surface area contributed by atoms with Gasteiger partial charge in [-0.05, 0) is 55.7 Å². The number of alkyl halides is 3. The number of rotatable bonds is 9. The van der Waals surface area contributed by atoms with Gasteiger partial charge in [-0.2, -0.15) is 18.2 Å². The summed E-state index contributed by atoms with van der Waals surface area (Å²) in [7, 11) is 1.54. The van der Waals surface area contributed by atoms with Gasteiger partial charge in [-0.3, -0.25) is 9.36 Å². The maximum absolute atomic E-state index is 14.2. The monoisotopic (exact) mass is 605 g/mol. The van der Waals surface area contributed by atoms with Crippen LogP contribution in [0, 0.1) is 6.92 Å². The Kier molecular flexibility index (Phi) is 8.50. The maximum Gasteiger partial charge on any atom is 0.452 e. The number of carbonyl (C=O) groups excluding carboxylic acids is 1. The Hall–Kier alpha value is -3.97. The zero-order valence-electron chi connectivity index (χ0n) is 22.9. The summed E-state index contributed by atoms with van der Waals surface area (Å²) in [6, 6.07) is 10.0. The fraction of sp³-hybridized carbons (Fsp3) is 0.393. The van der Waals surface area contributed by atoms with E-state index in [1.54, 1.807) is 25.1 Å².